The number of thiophene rings is 1. The number of hydrogen-bond donors (Lipinski definition) is 0. The van der Waals surface area contributed by atoms with Gasteiger partial charge in [0.05, 0.1) is 0 Å². The van der Waals surface area contributed by atoms with E-state index in [2.05, 4.69) is 89.7 Å². The standard InChI is InChI=1S/C21H22N2S/c1-16-5-9-18(10-6-16)22-13-14-23(19-11-7-17(2)8-12-19)21(22)20-4-3-15-24-20/h3-12,15,21H,13-14H2,1-2H3. The number of rotatable bonds is 3. The van der Waals surface area contributed by atoms with E-state index >= 15 is 0 Å². The van der Waals surface area contributed by atoms with Crippen molar-refractivity contribution in [3.05, 3.63) is 82.0 Å². The summed E-state index contributed by atoms with van der Waals surface area (Å²) in [4.78, 5) is 6.43. The molecule has 0 atom stereocenters. The zero-order chi connectivity index (χ0) is 16.5. The molecule has 3 aromatic rings. The van der Waals surface area contributed by atoms with Gasteiger partial charge >= 0.3 is 0 Å². The summed E-state index contributed by atoms with van der Waals surface area (Å²) in [5, 5.41) is 2.17. The molecule has 1 aliphatic heterocycles. The average molecular weight is 334 g/mol. The van der Waals surface area contributed by atoms with Crippen LogP contribution in [0.4, 0.5) is 11.4 Å². The van der Waals surface area contributed by atoms with Gasteiger partial charge in [-0.3, -0.25) is 0 Å². The summed E-state index contributed by atoms with van der Waals surface area (Å²) in [6.45, 7) is 6.37. The minimum Gasteiger partial charge on any atom is -0.345 e. The third-order valence-electron chi connectivity index (χ3n) is 4.70. The van der Waals surface area contributed by atoms with Gasteiger partial charge in [0.1, 0.15) is 6.17 Å². The first kappa shape index (κ1) is 15.3. The molecule has 2 nitrogen and oxygen atoms in total. The predicted octanol–water partition coefficient (Wildman–Crippen LogP) is 5.39. The molecular weight excluding hydrogens is 312 g/mol. The van der Waals surface area contributed by atoms with Crippen LogP contribution in [0.15, 0.2) is 66.0 Å². The Labute approximate surface area is 148 Å². The van der Waals surface area contributed by atoms with E-state index in [0.29, 0.717) is 0 Å². The molecule has 24 heavy (non-hydrogen) atoms. The Kier molecular flexibility index (Phi) is 4.03. The van der Waals surface area contributed by atoms with Gasteiger partial charge in [-0.2, -0.15) is 0 Å². The molecule has 0 bridgehead atoms. The van der Waals surface area contributed by atoms with Gasteiger partial charge in [0.15, 0.2) is 0 Å². The number of benzene rings is 2. The molecule has 0 amide bonds. The van der Waals surface area contributed by atoms with Crippen molar-refractivity contribution in [2.45, 2.75) is 20.0 Å². The molecule has 0 aliphatic carbocycles. The number of hydrogen-bond acceptors (Lipinski definition) is 3. The van der Waals surface area contributed by atoms with Crippen molar-refractivity contribution < 1.29 is 0 Å². The van der Waals surface area contributed by atoms with Gasteiger partial charge in [-0.1, -0.05) is 41.5 Å². The van der Waals surface area contributed by atoms with Crippen molar-refractivity contribution >= 4 is 22.7 Å². The van der Waals surface area contributed by atoms with Crippen LogP contribution in [0.25, 0.3) is 0 Å². The molecule has 1 fully saturated rings. The van der Waals surface area contributed by atoms with Crippen LogP contribution in [0.3, 0.4) is 0 Å². The molecule has 122 valence electrons. The first-order valence-electron chi connectivity index (χ1n) is 8.42. The first-order valence-corrected chi connectivity index (χ1v) is 9.30. The molecule has 3 heteroatoms. The van der Waals surface area contributed by atoms with Gasteiger partial charge < -0.3 is 9.80 Å². The minimum atomic E-state index is 0.274. The van der Waals surface area contributed by atoms with Gasteiger partial charge in [0.2, 0.25) is 0 Å². The maximum Gasteiger partial charge on any atom is 0.138 e. The molecule has 0 radical (unpaired) electrons. The highest BCUT2D eigenvalue weighted by molar-refractivity contribution is 7.10. The Balaban J connectivity index is 1.73. The Morgan fingerprint density at radius 3 is 1.67 bits per heavy atom. The highest BCUT2D eigenvalue weighted by atomic mass is 32.1. The average Bonchev–Trinajstić information content (AvgIpc) is 3.25. The normalized spacial score (nSPS) is 15.2. The maximum absolute atomic E-state index is 2.52. The van der Waals surface area contributed by atoms with Crippen LogP contribution in [0, 0.1) is 13.8 Å². The van der Waals surface area contributed by atoms with Crippen molar-refractivity contribution in [3.8, 4) is 0 Å². The lowest BCUT2D eigenvalue weighted by Gasteiger charge is -2.32. The molecular formula is C21H22N2S. The van der Waals surface area contributed by atoms with Gasteiger partial charge in [-0.15, -0.1) is 11.3 Å². The number of anilines is 2. The summed E-state index contributed by atoms with van der Waals surface area (Å²) in [6, 6.07) is 22.2. The fourth-order valence-corrected chi connectivity index (χ4v) is 4.23. The largest absolute Gasteiger partial charge is 0.345 e. The van der Waals surface area contributed by atoms with Crippen molar-refractivity contribution in [2.75, 3.05) is 22.9 Å². The molecule has 2 aromatic carbocycles. The van der Waals surface area contributed by atoms with Crippen LogP contribution in [-0.4, -0.2) is 13.1 Å². The topological polar surface area (TPSA) is 6.48 Å². The fraction of sp³-hybridized carbons (Fsp3) is 0.238. The second kappa shape index (κ2) is 6.33. The Morgan fingerprint density at radius 1 is 0.750 bits per heavy atom. The van der Waals surface area contributed by atoms with Crippen LogP contribution in [-0.2, 0) is 0 Å². The molecule has 0 unspecified atom stereocenters. The lowest BCUT2D eigenvalue weighted by atomic mass is 10.2. The zero-order valence-corrected chi connectivity index (χ0v) is 15.0. The highest BCUT2D eigenvalue weighted by Crippen LogP contribution is 2.39. The monoisotopic (exact) mass is 334 g/mol. The predicted molar refractivity (Wildman–Crippen MR) is 104 cm³/mol. The summed E-state index contributed by atoms with van der Waals surface area (Å²) in [7, 11) is 0. The van der Waals surface area contributed by atoms with Crippen LogP contribution < -0.4 is 9.80 Å². The van der Waals surface area contributed by atoms with Crippen molar-refractivity contribution in [1.29, 1.82) is 0 Å². The van der Waals surface area contributed by atoms with E-state index in [4.69, 9.17) is 0 Å². The smallest absolute Gasteiger partial charge is 0.138 e. The first-order chi connectivity index (χ1) is 11.7. The summed E-state index contributed by atoms with van der Waals surface area (Å²) in [5.74, 6) is 0. The second-order valence-corrected chi connectivity index (χ2v) is 7.43. The van der Waals surface area contributed by atoms with E-state index in [1.165, 1.54) is 27.4 Å². The summed E-state index contributed by atoms with van der Waals surface area (Å²) in [5.41, 5.74) is 5.21. The van der Waals surface area contributed by atoms with Crippen LogP contribution in [0.2, 0.25) is 0 Å². The summed E-state index contributed by atoms with van der Waals surface area (Å²) >= 11 is 1.84. The molecule has 1 aliphatic rings. The third kappa shape index (κ3) is 2.80. The van der Waals surface area contributed by atoms with Gasteiger partial charge in [-0.05, 0) is 49.6 Å². The fourth-order valence-electron chi connectivity index (χ4n) is 3.39. The molecule has 2 heterocycles. The zero-order valence-electron chi connectivity index (χ0n) is 14.1. The van der Waals surface area contributed by atoms with Crippen LogP contribution in [0.1, 0.15) is 22.2 Å². The minimum absolute atomic E-state index is 0.274. The van der Waals surface area contributed by atoms with Crippen molar-refractivity contribution in [3.63, 3.8) is 0 Å². The van der Waals surface area contributed by atoms with E-state index in [9.17, 15) is 0 Å². The lowest BCUT2D eigenvalue weighted by Crippen LogP contribution is -2.30. The molecule has 0 N–H and O–H groups in total. The summed E-state index contributed by atoms with van der Waals surface area (Å²) < 4.78 is 0. The molecule has 1 aromatic heterocycles. The molecule has 0 saturated carbocycles. The van der Waals surface area contributed by atoms with Gasteiger partial charge in [0.25, 0.3) is 0 Å². The van der Waals surface area contributed by atoms with Gasteiger partial charge in [-0.25, -0.2) is 0 Å². The molecule has 0 spiro atoms. The van der Waals surface area contributed by atoms with E-state index < -0.39 is 0 Å². The van der Waals surface area contributed by atoms with E-state index in [1.807, 2.05) is 11.3 Å². The third-order valence-corrected chi connectivity index (χ3v) is 5.61. The second-order valence-electron chi connectivity index (χ2n) is 6.45. The number of aryl methyl sites for hydroxylation is 2. The maximum atomic E-state index is 2.52. The Morgan fingerprint density at radius 2 is 1.25 bits per heavy atom. The van der Waals surface area contributed by atoms with Crippen molar-refractivity contribution in [1.82, 2.24) is 0 Å². The van der Waals surface area contributed by atoms with E-state index in [0.717, 1.165) is 13.1 Å². The van der Waals surface area contributed by atoms with E-state index in [1.54, 1.807) is 0 Å². The Hall–Kier alpha value is -2.26. The summed E-state index contributed by atoms with van der Waals surface area (Å²) in [6.07, 6.45) is 0.274. The van der Waals surface area contributed by atoms with E-state index in [-0.39, 0.29) is 6.17 Å². The number of nitrogens with zero attached hydrogens (tertiary/aromatic N) is 2. The quantitative estimate of drug-likeness (QED) is 0.633. The molecule has 1 saturated heterocycles. The SMILES string of the molecule is Cc1ccc(N2CCN(c3ccc(C)cc3)C2c2cccs2)cc1. The lowest BCUT2D eigenvalue weighted by molar-refractivity contribution is 0.731. The molecule has 4 rings (SSSR count). The Bertz CT molecular complexity index is 737. The van der Waals surface area contributed by atoms with Crippen molar-refractivity contribution in [2.24, 2.45) is 0 Å². The highest BCUT2D eigenvalue weighted by Gasteiger charge is 2.34. The van der Waals surface area contributed by atoms with Crippen LogP contribution >= 0.6 is 11.3 Å². The van der Waals surface area contributed by atoms with Gasteiger partial charge in [0, 0.05) is 29.3 Å². The van der Waals surface area contributed by atoms with Crippen LogP contribution in [0.5, 0.6) is 0 Å².